The molecule has 23 heavy (non-hydrogen) atoms. The Morgan fingerprint density at radius 3 is 2.61 bits per heavy atom. The van der Waals surface area contributed by atoms with Crippen LogP contribution in [0.5, 0.6) is 5.75 Å². The molecular weight excluding hydrogens is 294 g/mol. The minimum atomic E-state index is -0.123. The van der Waals surface area contributed by atoms with Gasteiger partial charge in [0.25, 0.3) is 0 Å². The van der Waals surface area contributed by atoms with Crippen LogP contribution in [-0.2, 0) is 4.79 Å². The Morgan fingerprint density at radius 1 is 1.26 bits per heavy atom. The molecule has 0 bridgehead atoms. The van der Waals surface area contributed by atoms with Crippen molar-refractivity contribution in [2.45, 2.75) is 32.2 Å². The maximum atomic E-state index is 12.2. The van der Waals surface area contributed by atoms with Gasteiger partial charge in [0.2, 0.25) is 5.91 Å². The van der Waals surface area contributed by atoms with E-state index in [4.69, 9.17) is 4.74 Å². The van der Waals surface area contributed by atoms with Crippen molar-refractivity contribution >= 4 is 17.6 Å². The quantitative estimate of drug-likeness (QED) is 0.924. The lowest BCUT2D eigenvalue weighted by Gasteiger charge is -2.20. The van der Waals surface area contributed by atoms with E-state index in [1.54, 1.807) is 4.90 Å². The van der Waals surface area contributed by atoms with Gasteiger partial charge in [-0.05, 0) is 44.0 Å². The number of ether oxygens (including phenoxy) is 1. The Morgan fingerprint density at radius 2 is 1.96 bits per heavy atom. The summed E-state index contributed by atoms with van der Waals surface area (Å²) in [5.74, 6) is 0.836. The van der Waals surface area contributed by atoms with Crippen LogP contribution in [0.15, 0.2) is 24.3 Å². The Kier molecular flexibility index (Phi) is 4.69. The summed E-state index contributed by atoms with van der Waals surface area (Å²) in [7, 11) is 0. The summed E-state index contributed by atoms with van der Waals surface area (Å²) in [6, 6.07) is 7.32. The van der Waals surface area contributed by atoms with Crippen LogP contribution in [0.4, 0.5) is 10.5 Å². The molecule has 0 aliphatic carbocycles. The zero-order valence-corrected chi connectivity index (χ0v) is 13.5. The highest BCUT2D eigenvalue weighted by Gasteiger charge is 2.32. The van der Waals surface area contributed by atoms with E-state index in [1.165, 1.54) is 0 Å². The van der Waals surface area contributed by atoms with Gasteiger partial charge in [-0.25, -0.2) is 4.79 Å². The summed E-state index contributed by atoms with van der Waals surface area (Å²) in [5, 5.41) is 2.98. The Labute approximate surface area is 136 Å². The van der Waals surface area contributed by atoms with Crippen LogP contribution in [0, 0.1) is 0 Å². The highest BCUT2D eigenvalue weighted by molar-refractivity contribution is 5.96. The molecule has 0 unspecified atom stereocenters. The fourth-order valence-electron chi connectivity index (χ4n) is 3.13. The van der Waals surface area contributed by atoms with Crippen molar-refractivity contribution < 1.29 is 14.3 Å². The van der Waals surface area contributed by atoms with E-state index < -0.39 is 0 Å². The van der Waals surface area contributed by atoms with Gasteiger partial charge in [-0.3, -0.25) is 4.79 Å². The first-order valence-corrected chi connectivity index (χ1v) is 8.26. The Bertz CT molecular complexity index is 567. The molecule has 0 radical (unpaired) electrons. The second kappa shape index (κ2) is 6.89. The summed E-state index contributed by atoms with van der Waals surface area (Å²) < 4.78 is 5.42. The standard InChI is InChI=1S/C17H23N3O3/c1-2-23-15-7-5-14(6-8-15)20-12-13(11-16(20)21)18-17(22)19-9-3-4-10-19/h5-8,13H,2-4,9-12H2,1H3,(H,18,22)/t13-/m0/s1. The fraction of sp³-hybridized carbons (Fsp3) is 0.529. The minimum Gasteiger partial charge on any atom is -0.494 e. The lowest BCUT2D eigenvalue weighted by atomic mass is 10.2. The van der Waals surface area contributed by atoms with E-state index in [0.29, 0.717) is 19.6 Å². The molecule has 1 atom stereocenters. The molecule has 2 aliphatic heterocycles. The van der Waals surface area contributed by atoms with Gasteiger partial charge in [0.05, 0.1) is 12.6 Å². The molecule has 1 aromatic carbocycles. The van der Waals surface area contributed by atoms with Crippen LogP contribution in [0.1, 0.15) is 26.2 Å². The molecule has 3 rings (SSSR count). The van der Waals surface area contributed by atoms with E-state index in [1.807, 2.05) is 36.1 Å². The van der Waals surface area contributed by atoms with Crippen LogP contribution in [0.2, 0.25) is 0 Å². The van der Waals surface area contributed by atoms with Gasteiger partial charge in [-0.15, -0.1) is 0 Å². The number of carbonyl (C=O) groups is 2. The van der Waals surface area contributed by atoms with Crippen molar-refractivity contribution in [3.8, 4) is 5.75 Å². The SMILES string of the molecule is CCOc1ccc(N2C[C@@H](NC(=O)N3CCCC3)CC2=O)cc1. The predicted octanol–water partition coefficient (Wildman–Crippen LogP) is 2.00. The van der Waals surface area contributed by atoms with Crippen LogP contribution in [0.3, 0.4) is 0 Å². The molecule has 0 aromatic heterocycles. The van der Waals surface area contributed by atoms with E-state index in [9.17, 15) is 9.59 Å². The third kappa shape index (κ3) is 3.57. The van der Waals surface area contributed by atoms with E-state index in [-0.39, 0.29) is 18.0 Å². The molecule has 2 saturated heterocycles. The molecule has 0 saturated carbocycles. The molecule has 2 aliphatic rings. The van der Waals surface area contributed by atoms with Gasteiger partial charge in [-0.2, -0.15) is 0 Å². The number of benzene rings is 1. The van der Waals surface area contributed by atoms with E-state index in [0.717, 1.165) is 37.4 Å². The summed E-state index contributed by atoms with van der Waals surface area (Å²) in [6.45, 7) is 4.70. The van der Waals surface area contributed by atoms with E-state index in [2.05, 4.69) is 5.32 Å². The van der Waals surface area contributed by atoms with E-state index >= 15 is 0 Å². The fourth-order valence-corrected chi connectivity index (χ4v) is 3.13. The van der Waals surface area contributed by atoms with Crippen LogP contribution < -0.4 is 15.0 Å². The van der Waals surface area contributed by atoms with Crippen LogP contribution in [-0.4, -0.2) is 49.1 Å². The average Bonchev–Trinajstić information content (AvgIpc) is 3.18. The lowest BCUT2D eigenvalue weighted by molar-refractivity contribution is -0.117. The number of carbonyl (C=O) groups excluding carboxylic acids is 2. The zero-order chi connectivity index (χ0) is 16.2. The summed E-state index contributed by atoms with van der Waals surface area (Å²) in [5.41, 5.74) is 0.844. The molecule has 6 nitrogen and oxygen atoms in total. The summed E-state index contributed by atoms with van der Waals surface area (Å²) >= 11 is 0. The number of amides is 3. The monoisotopic (exact) mass is 317 g/mol. The number of urea groups is 1. The number of anilines is 1. The second-order valence-corrected chi connectivity index (χ2v) is 5.98. The highest BCUT2D eigenvalue weighted by atomic mass is 16.5. The maximum Gasteiger partial charge on any atom is 0.317 e. The van der Waals surface area contributed by atoms with Gasteiger partial charge in [0.1, 0.15) is 5.75 Å². The second-order valence-electron chi connectivity index (χ2n) is 5.98. The van der Waals surface area contributed by atoms with Crippen molar-refractivity contribution in [1.82, 2.24) is 10.2 Å². The van der Waals surface area contributed by atoms with Gasteiger partial charge < -0.3 is 19.9 Å². The number of hydrogen-bond acceptors (Lipinski definition) is 3. The molecule has 1 aromatic rings. The molecule has 124 valence electrons. The molecule has 1 N–H and O–H groups in total. The third-order valence-corrected chi connectivity index (χ3v) is 4.31. The van der Waals surface area contributed by atoms with Crippen LogP contribution >= 0.6 is 0 Å². The first-order chi connectivity index (χ1) is 11.2. The first-order valence-electron chi connectivity index (χ1n) is 8.26. The minimum absolute atomic E-state index is 0.0425. The lowest BCUT2D eigenvalue weighted by Crippen LogP contribution is -2.44. The van der Waals surface area contributed by atoms with Gasteiger partial charge >= 0.3 is 6.03 Å². The smallest absolute Gasteiger partial charge is 0.317 e. The Hall–Kier alpha value is -2.24. The number of nitrogens with zero attached hydrogens (tertiary/aromatic N) is 2. The number of rotatable bonds is 4. The number of likely N-dealkylation sites (tertiary alicyclic amines) is 1. The predicted molar refractivity (Wildman–Crippen MR) is 87.7 cm³/mol. The highest BCUT2D eigenvalue weighted by Crippen LogP contribution is 2.24. The topological polar surface area (TPSA) is 61.9 Å². The largest absolute Gasteiger partial charge is 0.494 e. The van der Waals surface area contributed by atoms with Crippen molar-refractivity contribution in [2.75, 3.05) is 31.1 Å². The molecule has 0 spiro atoms. The van der Waals surface area contributed by atoms with Crippen LogP contribution in [0.25, 0.3) is 0 Å². The van der Waals surface area contributed by atoms with Gasteiger partial charge in [0, 0.05) is 31.7 Å². The van der Waals surface area contributed by atoms with Crippen molar-refractivity contribution in [1.29, 1.82) is 0 Å². The maximum absolute atomic E-state index is 12.2. The first kappa shape index (κ1) is 15.6. The normalized spacial score (nSPS) is 20.9. The van der Waals surface area contributed by atoms with Crippen molar-refractivity contribution in [2.24, 2.45) is 0 Å². The van der Waals surface area contributed by atoms with Gasteiger partial charge in [-0.1, -0.05) is 0 Å². The van der Waals surface area contributed by atoms with Crippen molar-refractivity contribution in [3.63, 3.8) is 0 Å². The molecule has 2 fully saturated rings. The molecular formula is C17H23N3O3. The number of hydrogen-bond donors (Lipinski definition) is 1. The molecule has 6 heteroatoms. The number of nitrogens with one attached hydrogen (secondary N) is 1. The van der Waals surface area contributed by atoms with Crippen molar-refractivity contribution in [3.05, 3.63) is 24.3 Å². The Balaban J connectivity index is 1.59. The summed E-state index contributed by atoms with van der Waals surface area (Å²) in [6.07, 6.45) is 2.48. The average molecular weight is 317 g/mol. The zero-order valence-electron chi connectivity index (χ0n) is 13.5. The van der Waals surface area contributed by atoms with Gasteiger partial charge in [0.15, 0.2) is 0 Å². The molecule has 3 amide bonds. The third-order valence-electron chi connectivity index (χ3n) is 4.31. The molecule has 2 heterocycles. The summed E-state index contributed by atoms with van der Waals surface area (Å²) in [4.78, 5) is 27.9.